The van der Waals surface area contributed by atoms with Crippen LogP contribution in [0.4, 0.5) is 18.9 Å². The number of hydrogen-bond donors (Lipinski definition) is 1. The monoisotopic (exact) mass is 255 g/mol. The van der Waals surface area contributed by atoms with E-state index in [-0.39, 0.29) is 6.54 Å². The standard InChI is InChI=1S/C12H12F3N3/c1-8-9(3-2-4-11(8)16)6-18-7-10(5-17-18)12(13,14)15/h2-5,7H,6,16H2,1H3. The van der Waals surface area contributed by atoms with Crippen LogP contribution in [0.2, 0.25) is 0 Å². The molecule has 0 saturated carbocycles. The first kappa shape index (κ1) is 12.5. The summed E-state index contributed by atoms with van der Waals surface area (Å²) in [5, 5.41) is 3.70. The molecule has 1 aromatic carbocycles. The Balaban J connectivity index is 2.24. The molecule has 1 aromatic heterocycles. The van der Waals surface area contributed by atoms with E-state index in [0.717, 1.165) is 23.5 Å². The molecule has 0 amide bonds. The largest absolute Gasteiger partial charge is 0.419 e. The average Bonchev–Trinajstić information content (AvgIpc) is 2.73. The van der Waals surface area contributed by atoms with Gasteiger partial charge in [-0.15, -0.1) is 0 Å². The van der Waals surface area contributed by atoms with Crippen molar-refractivity contribution in [2.75, 3.05) is 5.73 Å². The normalized spacial score (nSPS) is 11.8. The van der Waals surface area contributed by atoms with Gasteiger partial charge in [0.15, 0.2) is 0 Å². The molecule has 0 bridgehead atoms. The van der Waals surface area contributed by atoms with E-state index in [9.17, 15) is 13.2 Å². The number of anilines is 1. The molecule has 1 heterocycles. The van der Waals surface area contributed by atoms with Crippen LogP contribution >= 0.6 is 0 Å². The van der Waals surface area contributed by atoms with Crippen molar-refractivity contribution >= 4 is 5.69 Å². The first-order valence-corrected chi connectivity index (χ1v) is 5.31. The quantitative estimate of drug-likeness (QED) is 0.838. The highest BCUT2D eigenvalue weighted by Crippen LogP contribution is 2.28. The second-order valence-corrected chi connectivity index (χ2v) is 4.06. The zero-order valence-corrected chi connectivity index (χ0v) is 9.70. The van der Waals surface area contributed by atoms with Gasteiger partial charge in [-0.05, 0) is 24.1 Å². The van der Waals surface area contributed by atoms with Crippen LogP contribution in [0.5, 0.6) is 0 Å². The lowest BCUT2D eigenvalue weighted by atomic mass is 10.1. The maximum Gasteiger partial charge on any atom is 0.419 e. The molecular formula is C12H12F3N3. The third-order valence-electron chi connectivity index (χ3n) is 2.78. The molecule has 3 nitrogen and oxygen atoms in total. The van der Waals surface area contributed by atoms with E-state index < -0.39 is 11.7 Å². The van der Waals surface area contributed by atoms with Crippen LogP contribution in [0.15, 0.2) is 30.6 Å². The molecule has 0 aliphatic heterocycles. The highest BCUT2D eigenvalue weighted by Gasteiger charge is 2.32. The molecule has 0 aliphatic rings. The van der Waals surface area contributed by atoms with Gasteiger partial charge < -0.3 is 5.73 Å². The fourth-order valence-corrected chi connectivity index (χ4v) is 1.65. The van der Waals surface area contributed by atoms with Crippen LogP contribution < -0.4 is 5.73 Å². The Morgan fingerprint density at radius 1 is 1.33 bits per heavy atom. The first-order chi connectivity index (χ1) is 8.38. The maximum atomic E-state index is 12.4. The minimum atomic E-state index is -4.36. The Morgan fingerprint density at radius 3 is 2.67 bits per heavy atom. The van der Waals surface area contributed by atoms with E-state index in [1.165, 1.54) is 4.68 Å². The summed E-state index contributed by atoms with van der Waals surface area (Å²) in [4.78, 5) is 0. The molecule has 0 radical (unpaired) electrons. The molecular weight excluding hydrogens is 243 g/mol. The van der Waals surface area contributed by atoms with Crippen molar-refractivity contribution in [2.45, 2.75) is 19.6 Å². The molecule has 0 spiro atoms. The fourth-order valence-electron chi connectivity index (χ4n) is 1.65. The van der Waals surface area contributed by atoms with E-state index in [0.29, 0.717) is 5.69 Å². The molecule has 2 rings (SSSR count). The van der Waals surface area contributed by atoms with Gasteiger partial charge in [-0.3, -0.25) is 4.68 Å². The first-order valence-electron chi connectivity index (χ1n) is 5.31. The van der Waals surface area contributed by atoms with Gasteiger partial charge in [-0.2, -0.15) is 18.3 Å². The summed E-state index contributed by atoms with van der Waals surface area (Å²) in [5.74, 6) is 0. The molecule has 0 fully saturated rings. The van der Waals surface area contributed by atoms with Gasteiger partial charge >= 0.3 is 6.18 Å². The summed E-state index contributed by atoms with van der Waals surface area (Å²) < 4.78 is 38.5. The fraction of sp³-hybridized carbons (Fsp3) is 0.250. The van der Waals surface area contributed by atoms with Crippen molar-refractivity contribution in [3.05, 3.63) is 47.3 Å². The van der Waals surface area contributed by atoms with Crippen LogP contribution in [0.3, 0.4) is 0 Å². The number of rotatable bonds is 2. The van der Waals surface area contributed by atoms with Gasteiger partial charge in [-0.1, -0.05) is 12.1 Å². The minimum Gasteiger partial charge on any atom is -0.399 e. The van der Waals surface area contributed by atoms with Gasteiger partial charge in [0.05, 0.1) is 18.3 Å². The second-order valence-electron chi connectivity index (χ2n) is 4.06. The number of nitrogen functional groups attached to an aromatic ring is 1. The summed E-state index contributed by atoms with van der Waals surface area (Å²) in [7, 11) is 0. The zero-order chi connectivity index (χ0) is 13.3. The summed E-state index contributed by atoms with van der Waals surface area (Å²) in [5.41, 5.74) is 7.33. The van der Waals surface area contributed by atoms with Gasteiger partial charge in [0, 0.05) is 11.9 Å². The van der Waals surface area contributed by atoms with Crippen LogP contribution in [0, 0.1) is 6.92 Å². The van der Waals surface area contributed by atoms with Crippen LogP contribution in [0.25, 0.3) is 0 Å². The van der Waals surface area contributed by atoms with Gasteiger partial charge in [-0.25, -0.2) is 0 Å². The third-order valence-corrected chi connectivity index (χ3v) is 2.78. The van der Waals surface area contributed by atoms with Crippen molar-refractivity contribution < 1.29 is 13.2 Å². The smallest absolute Gasteiger partial charge is 0.399 e. The van der Waals surface area contributed by atoms with E-state index >= 15 is 0 Å². The molecule has 2 aromatic rings. The summed E-state index contributed by atoms with van der Waals surface area (Å²) >= 11 is 0. The van der Waals surface area contributed by atoms with Crippen molar-refractivity contribution in [3.63, 3.8) is 0 Å². The topological polar surface area (TPSA) is 43.8 Å². The van der Waals surface area contributed by atoms with Crippen molar-refractivity contribution in [2.24, 2.45) is 0 Å². The maximum absolute atomic E-state index is 12.4. The predicted octanol–water partition coefficient (Wildman–Crippen LogP) is 2.84. The van der Waals surface area contributed by atoms with Crippen LogP contribution in [-0.2, 0) is 12.7 Å². The van der Waals surface area contributed by atoms with Crippen molar-refractivity contribution in [1.29, 1.82) is 0 Å². The zero-order valence-electron chi connectivity index (χ0n) is 9.70. The lowest BCUT2D eigenvalue weighted by molar-refractivity contribution is -0.137. The Hall–Kier alpha value is -1.98. The lowest BCUT2D eigenvalue weighted by Crippen LogP contribution is -2.05. The lowest BCUT2D eigenvalue weighted by Gasteiger charge is -2.08. The average molecular weight is 255 g/mol. The highest BCUT2D eigenvalue weighted by molar-refractivity contribution is 5.49. The number of nitrogens with zero attached hydrogens (tertiary/aromatic N) is 2. The SMILES string of the molecule is Cc1c(N)cccc1Cn1cc(C(F)(F)F)cn1. The van der Waals surface area contributed by atoms with Crippen LogP contribution in [0.1, 0.15) is 16.7 Å². The molecule has 2 N–H and O–H groups in total. The molecule has 0 unspecified atom stereocenters. The predicted molar refractivity (Wildman–Crippen MR) is 61.9 cm³/mol. The number of benzene rings is 1. The molecule has 0 saturated heterocycles. The van der Waals surface area contributed by atoms with Gasteiger partial charge in [0.25, 0.3) is 0 Å². The van der Waals surface area contributed by atoms with Crippen molar-refractivity contribution in [3.8, 4) is 0 Å². The number of halogens is 3. The van der Waals surface area contributed by atoms with E-state index in [2.05, 4.69) is 5.10 Å². The molecule has 18 heavy (non-hydrogen) atoms. The molecule has 0 aliphatic carbocycles. The summed E-state index contributed by atoms with van der Waals surface area (Å²) in [6.45, 7) is 2.10. The Labute approximate surface area is 102 Å². The number of hydrogen-bond acceptors (Lipinski definition) is 2. The van der Waals surface area contributed by atoms with E-state index in [1.54, 1.807) is 12.1 Å². The van der Waals surface area contributed by atoms with E-state index in [4.69, 9.17) is 5.73 Å². The van der Waals surface area contributed by atoms with Crippen molar-refractivity contribution in [1.82, 2.24) is 9.78 Å². The Bertz CT molecular complexity index is 558. The summed E-state index contributed by atoms with van der Waals surface area (Å²) in [6.07, 6.45) is -2.55. The minimum absolute atomic E-state index is 0.271. The van der Waals surface area contributed by atoms with Crippen LogP contribution in [-0.4, -0.2) is 9.78 Å². The molecule has 0 atom stereocenters. The third kappa shape index (κ3) is 2.47. The molecule has 6 heteroatoms. The summed E-state index contributed by atoms with van der Waals surface area (Å²) in [6, 6.07) is 5.34. The molecule has 96 valence electrons. The van der Waals surface area contributed by atoms with E-state index in [1.807, 2.05) is 13.0 Å². The number of aromatic nitrogens is 2. The highest BCUT2D eigenvalue weighted by atomic mass is 19.4. The number of nitrogens with two attached hydrogens (primary N) is 1. The number of alkyl halides is 3. The van der Waals surface area contributed by atoms with Gasteiger partial charge in [0.1, 0.15) is 0 Å². The Kier molecular flexibility index (Phi) is 3.02. The second kappa shape index (κ2) is 4.36. The van der Waals surface area contributed by atoms with Gasteiger partial charge in [0.2, 0.25) is 0 Å². The Morgan fingerprint density at radius 2 is 2.06 bits per heavy atom.